The highest BCUT2D eigenvalue weighted by molar-refractivity contribution is 5.90. The first-order valence-electron chi connectivity index (χ1n) is 4.49. The molecule has 0 bridgehead atoms. The van der Waals surface area contributed by atoms with Gasteiger partial charge in [-0.1, -0.05) is 12.1 Å². The number of para-hydroxylation sites is 1. The molecule has 0 unspecified atom stereocenters. The second-order valence-corrected chi connectivity index (χ2v) is 3.40. The van der Waals surface area contributed by atoms with Crippen molar-refractivity contribution in [1.82, 2.24) is 9.97 Å². The summed E-state index contributed by atoms with van der Waals surface area (Å²) in [5, 5.41) is 0.438. The van der Waals surface area contributed by atoms with Gasteiger partial charge in [0.05, 0.1) is 5.52 Å². The topological polar surface area (TPSA) is 51.8 Å². The number of aryl methyl sites for hydroxylation is 1. The summed E-state index contributed by atoms with van der Waals surface area (Å²) in [6.45, 7) is 1.68. The van der Waals surface area contributed by atoms with Gasteiger partial charge in [0.25, 0.3) is 0 Å². The molecule has 0 radical (unpaired) electrons. The quantitative estimate of drug-likeness (QED) is 0.752. The lowest BCUT2D eigenvalue weighted by molar-refractivity contribution is -0.144. The van der Waals surface area contributed by atoms with Gasteiger partial charge in [-0.2, -0.15) is 13.2 Å². The summed E-state index contributed by atoms with van der Waals surface area (Å²) in [7, 11) is 0. The maximum absolute atomic E-state index is 12.4. The summed E-state index contributed by atoms with van der Waals surface area (Å²) in [6, 6.07) is 4.97. The molecule has 0 aliphatic heterocycles. The van der Waals surface area contributed by atoms with E-state index in [1.165, 1.54) is 0 Å². The normalized spacial score (nSPS) is 12.0. The van der Waals surface area contributed by atoms with E-state index < -0.39 is 12.0 Å². The first kappa shape index (κ1) is 10.7. The third-order valence-electron chi connectivity index (χ3n) is 2.21. The van der Waals surface area contributed by atoms with Crippen LogP contribution in [0.4, 0.5) is 19.0 Å². The minimum atomic E-state index is -4.58. The number of hydrogen-bond donors (Lipinski definition) is 1. The van der Waals surface area contributed by atoms with Crippen LogP contribution in [-0.2, 0) is 6.18 Å². The number of fused-ring (bicyclic) bond motifs is 1. The number of nitrogens with zero attached hydrogens (tertiary/aromatic N) is 2. The molecule has 16 heavy (non-hydrogen) atoms. The summed E-state index contributed by atoms with van der Waals surface area (Å²) < 4.78 is 37.3. The summed E-state index contributed by atoms with van der Waals surface area (Å²) in [4.78, 5) is 6.75. The molecule has 0 fully saturated rings. The van der Waals surface area contributed by atoms with E-state index in [0.717, 1.165) is 0 Å². The lowest BCUT2D eigenvalue weighted by Crippen LogP contribution is -2.13. The molecule has 1 aromatic heterocycles. The van der Waals surface area contributed by atoms with E-state index >= 15 is 0 Å². The summed E-state index contributed by atoms with van der Waals surface area (Å²) in [6.07, 6.45) is -4.58. The van der Waals surface area contributed by atoms with Gasteiger partial charge in [-0.3, -0.25) is 0 Å². The number of benzene rings is 1. The van der Waals surface area contributed by atoms with Crippen LogP contribution in [0.15, 0.2) is 18.2 Å². The smallest absolute Gasteiger partial charge is 0.383 e. The van der Waals surface area contributed by atoms with Gasteiger partial charge < -0.3 is 5.73 Å². The molecule has 2 N–H and O–H groups in total. The Labute approximate surface area is 89.1 Å². The predicted octanol–water partition coefficient (Wildman–Crippen LogP) is 2.54. The van der Waals surface area contributed by atoms with Crippen LogP contribution in [0.25, 0.3) is 10.9 Å². The zero-order chi connectivity index (χ0) is 11.9. The molecule has 0 atom stereocenters. The summed E-state index contributed by atoms with van der Waals surface area (Å²) in [5.41, 5.74) is 6.35. The van der Waals surface area contributed by atoms with Gasteiger partial charge in [-0.05, 0) is 18.6 Å². The van der Waals surface area contributed by atoms with Crippen LogP contribution in [0, 0.1) is 6.92 Å². The molecule has 6 heteroatoms. The van der Waals surface area contributed by atoms with Gasteiger partial charge >= 0.3 is 6.18 Å². The number of nitrogens with two attached hydrogens (primary N) is 1. The largest absolute Gasteiger partial charge is 0.451 e. The molecule has 3 nitrogen and oxygen atoms in total. The Hall–Kier alpha value is -1.85. The molecule has 1 aromatic carbocycles. The van der Waals surface area contributed by atoms with Crippen molar-refractivity contribution < 1.29 is 13.2 Å². The molecular formula is C10H8F3N3. The predicted molar refractivity (Wildman–Crippen MR) is 53.7 cm³/mol. The lowest BCUT2D eigenvalue weighted by Gasteiger charge is -2.09. The molecule has 0 saturated carbocycles. The Morgan fingerprint density at radius 2 is 1.88 bits per heavy atom. The Bertz CT molecular complexity index is 549. The van der Waals surface area contributed by atoms with E-state index in [9.17, 15) is 13.2 Å². The fourth-order valence-corrected chi connectivity index (χ4v) is 1.45. The van der Waals surface area contributed by atoms with Gasteiger partial charge in [0, 0.05) is 5.39 Å². The highest BCUT2D eigenvalue weighted by atomic mass is 19.4. The zero-order valence-corrected chi connectivity index (χ0v) is 8.34. The molecule has 1 heterocycles. The van der Waals surface area contributed by atoms with Crippen LogP contribution < -0.4 is 5.73 Å². The third kappa shape index (κ3) is 1.66. The zero-order valence-electron chi connectivity index (χ0n) is 8.34. The highest BCUT2D eigenvalue weighted by Gasteiger charge is 2.35. The first-order valence-corrected chi connectivity index (χ1v) is 4.49. The molecule has 0 spiro atoms. The fourth-order valence-electron chi connectivity index (χ4n) is 1.45. The molecule has 0 aliphatic carbocycles. The van der Waals surface area contributed by atoms with Crippen LogP contribution >= 0.6 is 0 Å². The van der Waals surface area contributed by atoms with Crippen LogP contribution in [0.1, 0.15) is 11.4 Å². The molecule has 0 aliphatic rings. The van der Waals surface area contributed by atoms with Crippen LogP contribution in [0.2, 0.25) is 0 Å². The van der Waals surface area contributed by atoms with Crippen LogP contribution in [0.5, 0.6) is 0 Å². The Morgan fingerprint density at radius 3 is 2.50 bits per heavy atom. The highest BCUT2D eigenvalue weighted by Crippen LogP contribution is 2.30. The molecule has 2 aromatic rings. The summed E-state index contributed by atoms with van der Waals surface area (Å²) in [5.74, 6) is -1.35. The van der Waals surface area contributed by atoms with E-state index in [1.54, 1.807) is 25.1 Å². The van der Waals surface area contributed by atoms with E-state index in [-0.39, 0.29) is 11.3 Å². The van der Waals surface area contributed by atoms with E-state index in [4.69, 9.17) is 5.73 Å². The van der Waals surface area contributed by atoms with Crippen molar-refractivity contribution in [3.8, 4) is 0 Å². The van der Waals surface area contributed by atoms with Crippen molar-refractivity contribution in [1.29, 1.82) is 0 Å². The molecule has 0 amide bonds. The van der Waals surface area contributed by atoms with Gasteiger partial charge in [0.1, 0.15) is 5.82 Å². The van der Waals surface area contributed by atoms with Gasteiger partial charge in [0.2, 0.25) is 5.82 Å². The van der Waals surface area contributed by atoms with Crippen molar-refractivity contribution >= 4 is 16.7 Å². The second kappa shape index (κ2) is 3.33. The number of anilines is 1. The maximum Gasteiger partial charge on any atom is 0.451 e. The third-order valence-corrected chi connectivity index (χ3v) is 2.21. The average Bonchev–Trinajstić information content (AvgIpc) is 2.18. The first-order chi connectivity index (χ1) is 7.39. The summed E-state index contributed by atoms with van der Waals surface area (Å²) >= 11 is 0. The van der Waals surface area contributed by atoms with E-state index in [2.05, 4.69) is 9.97 Å². The Kier molecular flexibility index (Phi) is 2.22. The van der Waals surface area contributed by atoms with Gasteiger partial charge in [-0.15, -0.1) is 0 Å². The van der Waals surface area contributed by atoms with Gasteiger partial charge in [0.15, 0.2) is 0 Å². The van der Waals surface area contributed by atoms with Crippen molar-refractivity contribution in [2.24, 2.45) is 0 Å². The molecular weight excluding hydrogens is 219 g/mol. The second-order valence-electron chi connectivity index (χ2n) is 3.40. The number of nitrogen functional groups attached to an aromatic ring is 1. The Balaban J connectivity index is 2.81. The van der Waals surface area contributed by atoms with Crippen molar-refractivity contribution in [2.75, 3.05) is 5.73 Å². The van der Waals surface area contributed by atoms with Gasteiger partial charge in [-0.25, -0.2) is 9.97 Å². The van der Waals surface area contributed by atoms with Crippen molar-refractivity contribution in [3.05, 3.63) is 29.6 Å². The fraction of sp³-hybridized carbons (Fsp3) is 0.200. The standard InChI is InChI=1S/C10H8F3N3/c1-5-3-2-4-6-7(5)15-9(10(11,12)13)16-8(6)14/h2-4H,1H3,(H2,14,15,16). The number of hydrogen-bond acceptors (Lipinski definition) is 3. The lowest BCUT2D eigenvalue weighted by atomic mass is 10.1. The molecule has 0 saturated heterocycles. The number of rotatable bonds is 0. The van der Waals surface area contributed by atoms with Crippen LogP contribution in [-0.4, -0.2) is 9.97 Å². The number of aromatic nitrogens is 2. The number of halogens is 3. The minimum absolute atomic E-state index is 0.152. The average molecular weight is 227 g/mol. The minimum Gasteiger partial charge on any atom is -0.383 e. The SMILES string of the molecule is Cc1cccc2c(N)nc(C(F)(F)F)nc12. The molecule has 2 rings (SSSR count). The van der Waals surface area contributed by atoms with Crippen LogP contribution in [0.3, 0.4) is 0 Å². The molecule has 84 valence electrons. The monoisotopic (exact) mass is 227 g/mol. The van der Waals surface area contributed by atoms with Crippen molar-refractivity contribution in [2.45, 2.75) is 13.1 Å². The number of alkyl halides is 3. The Morgan fingerprint density at radius 1 is 1.19 bits per heavy atom. The van der Waals surface area contributed by atoms with E-state index in [1.807, 2.05) is 0 Å². The van der Waals surface area contributed by atoms with E-state index in [0.29, 0.717) is 10.9 Å². The van der Waals surface area contributed by atoms with Crippen molar-refractivity contribution in [3.63, 3.8) is 0 Å². The maximum atomic E-state index is 12.4.